The van der Waals surface area contributed by atoms with Crippen LogP contribution in [0.25, 0.3) is 16.9 Å². The van der Waals surface area contributed by atoms with Gasteiger partial charge in [-0.25, -0.2) is 9.98 Å². The van der Waals surface area contributed by atoms with Crippen LogP contribution in [0.2, 0.25) is 10.0 Å². The Bertz CT molecular complexity index is 1340. The first-order valence-corrected chi connectivity index (χ1v) is 10.0. The Balaban J connectivity index is 1.90. The topological polar surface area (TPSA) is 93.0 Å². The predicted molar refractivity (Wildman–Crippen MR) is 120 cm³/mol. The van der Waals surface area contributed by atoms with E-state index in [1.165, 1.54) is 18.3 Å². The van der Waals surface area contributed by atoms with Gasteiger partial charge in [-0.1, -0.05) is 29.3 Å². The summed E-state index contributed by atoms with van der Waals surface area (Å²) in [6.07, 6.45) is 3.13. The van der Waals surface area contributed by atoms with Crippen LogP contribution in [0.1, 0.15) is 5.56 Å². The maximum absolute atomic E-state index is 11.1. The molecule has 2 heterocycles. The lowest BCUT2D eigenvalue weighted by Gasteiger charge is -2.05. The molecule has 2 aromatic heterocycles. The number of halogens is 3. The number of phenols is 1. The summed E-state index contributed by atoms with van der Waals surface area (Å²) in [5, 5.41) is 22.3. The molecule has 0 aliphatic heterocycles. The Morgan fingerprint density at radius 3 is 2.73 bits per heavy atom. The number of benzene rings is 2. The number of hydrogen-bond acceptors (Lipinski definition) is 5. The van der Waals surface area contributed by atoms with Gasteiger partial charge in [0, 0.05) is 40.7 Å². The van der Waals surface area contributed by atoms with Gasteiger partial charge in [0.2, 0.25) is 0 Å². The fraction of sp³-hybridized carbons (Fsp3) is 0. The summed E-state index contributed by atoms with van der Waals surface area (Å²) >= 11 is 15.5. The summed E-state index contributed by atoms with van der Waals surface area (Å²) in [7, 11) is 0. The molecule has 0 fully saturated rings. The molecule has 0 saturated heterocycles. The monoisotopic (exact) mass is 504 g/mol. The Labute approximate surface area is 188 Å². The Kier molecular flexibility index (Phi) is 5.46. The molecule has 4 aromatic rings. The average Bonchev–Trinajstić information content (AvgIpc) is 3.07. The molecule has 0 radical (unpaired) electrons. The molecule has 0 atom stereocenters. The second-order valence-corrected chi connectivity index (χ2v) is 7.92. The van der Waals surface area contributed by atoms with E-state index in [4.69, 9.17) is 23.2 Å². The van der Waals surface area contributed by atoms with Crippen molar-refractivity contribution < 1.29 is 10.0 Å². The summed E-state index contributed by atoms with van der Waals surface area (Å²) in [6.45, 7) is 0. The fourth-order valence-electron chi connectivity index (χ4n) is 2.91. The van der Waals surface area contributed by atoms with Gasteiger partial charge in [-0.05, 0) is 46.3 Å². The normalized spacial score (nSPS) is 11.4. The van der Waals surface area contributed by atoms with Crippen LogP contribution in [0, 0.1) is 10.1 Å². The van der Waals surface area contributed by atoms with Crippen molar-refractivity contribution in [2.45, 2.75) is 0 Å². The molecule has 7 nitrogen and oxygen atoms in total. The van der Waals surface area contributed by atoms with Gasteiger partial charge in [-0.2, -0.15) is 0 Å². The zero-order valence-corrected chi connectivity index (χ0v) is 18.1. The fourth-order valence-corrected chi connectivity index (χ4v) is 3.87. The molecule has 0 bridgehead atoms. The average molecular weight is 506 g/mol. The first-order chi connectivity index (χ1) is 14.3. The van der Waals surface area contributed by atoms with E-state index in [2.05, 4.69) is 25.9 Å². The van der Waals surface area contributed by atoms with Crippen LogP contribution >= 0.6 is 39.1 Å². The molecule has 150 valence electrons. The largest absolute Gasteiger partial charge is 0.506 e. The van der Waals surface area contributed by atoms with Crippen LogP contribution in [-0.2, 0) is 0 Å². The maximum atomic E-state index is 11.1. The first-order valence-electron chi connectivity index (χ1n) is 8.48. The van der Waals surface area contributed by atoms with Crippen molar-refractivity contribution in [1.29, 1.82) is 0 Å². The summed E-state index contributed by atoms with van der Waals surface area (Å²) in [5.41, 5.74) is 1.76. The Morgan fingerprint density at radius 2 is 2.00 bits per heavy atom. The van der Waals surface area contributed by atoms with E-state index in [-0.39, 0.29) is 21.5 Å². The molecule has 2 aromatic carbocycles. The summed E-state index contributed by atoms with van der Waals surface area (Å²) in [4.78, 5) is 19.7. The number of aliphatic imine (C=N–C) groups is 1. The zero-order chi connectivity index (χ0) is 21.4. The molecule has 4 rings (SSSR count). The van der Waals surface area contributed by atoms with Gasteiger partial charge < -0.3 is 5.11 Å². The van der Waals surface area contributed by atoms with Gasteiger partial charge in [0.1, 0.15) is 17.1 Å². The highest BCUT2D eigenvalue weighted by molar-refractivity contribution is 9.10. The molecular weight excluding hydrogens is 495 g/mol. The Morgan fingerprint density at radius 1 is 1.20 bits per heavy atom. The highest BCUT2D eigenvalue weighted by Gasteiger charge is 2.17. The lowest BCUT2D eigenvalue weighted by Crippen LogP contribution is -1.92. The van der Waals surface area contributed by atoms with Crippen molar-refractivity contribution in [2.24, 2.45) is 4.99 Å². The van der Waals surface area contributed by atoms with Crippen molar-refractivity contribution in [3.63, 3.8) is 0 Å². The number of nitrogens with zero attached hydrogens (tertiary/aromatic N) is 4. The van der Waals surface area contributed by atoms with Crippen molar-refractivity contribution in [3.8, 4) is 17.0 Å². The number of hydrogen-bond donors (Lipinski definition) is 1. The van der Waals surface area contributed by atoms with Gasteiger partial charge in [0.25, 0.3) is 5.69 Å². The molecule has 1 N–H and O–H groups in total. The number of pyridine rings is 1. The number of aromatic nitrogens is 2. The van der Waals surface area contributed by atoms with Crippen LogP contribution in [0.3, 0.4) is 0 Å². The van der Waals surface area contributed by atoms with E-state index in [9.17, 15) is 15.2 Å². The van der Waals surface area contributed by atoms with Crippen molar-refractivity contribution >= 4 is 62.5 Å². The number of aromatic hydroxyl groups is 1. The van der Waals surface area contributed by atoms with Crippen molar-refractivity contribution in [3.05, 3.63) is 84.9 Å². The summed E-state index contributed by atoms with van der Waals surface area (Å²) in [6, 6.07) is 13.0. The van der Waals surface area contributed by atoms with Crippen LogP contribution in [0.4, 0.5) is 11.5 Å². The van der Waals surface area contributed by atoms with Gasteiger partial charge in [-0.15, -0.1) is 0 Å². The van der Waals surface area contributed by atoms with Crippen LogP contribution in [0.15, 0.2) is 64.2 Å². The third-order valence-corrected chi connectivity index (χ3v) is 5.46. The quantitative estimate of drug-likeness (QED) is 0.196. The maximum Gasteiger partial charge on any atom is 0.271 e. The van der Waals surface area contributed by atoms with Crippen LogP contribution < -0.4 is 0 Å². The molecule has 10 heteroatoms. The second kappa shape index (κ2) is 8.06. The van der Waals surface area contributed by atoms with E-state index in [0.29, 0.717) is 32.8 Å². The minimum atomic E-state index is -0.547. The highest BCUT2D eigenvalue weighted by atomic mass is 79.9. The lowest BCUT2D eigenvalue weighted by molar-refractivity contribution is -0.385. The second-order valence-electron chi connectivity index (χ2n) is 6.22. The SMILES string of the molecule is O=[N+]([O-])c1cc(Br)c(O)c(C=Nc2c(-c3ccc(Cl)cc3Cl)nc3ccccn23)c1. The van der Waals surface area contributed by atoms with E-state index >= 15 is 0 Å². The third kappa shape index (κ3) is 3.77. The third-order valence-electron chi connectivity index (χ3n) is 4.31. The highest BCUT2D eigenvalue weighted by Crippen LogP contribution is 2.37. The lowest BCUT2D eigenvalue weighted by atomic mass is 10.1. The van der Waals surface area contributed by atoms with Crippen LogP contribution in [-0.4, -0.2) is 25.6 Å². The zero-order valence-electron chi connectivity index (χ0n) is 15.0. The number of nitro benzene ring substituents is 1. The van der Waals surface area contributed by atoms with E-state index in [1.54, 1.807) is 28.8 Å². The number of phenolic OH excluding ortho intramolecular Hbond substituents is 1. The summed E-state index contributed by atoms with van der Waals surface area (Å²) in [5.74, 6) is 0.279. The van der Waals surface area contributed by atoms with Gasteiger partial charge in [0.05, 0.1) is 14.4 Å². The number of fused-ring (bicyclic) bond motifs is 1. The molecule has 0 unspecified atom stereocenters. The number of imidazole rings is 1. The number of nitro groups is 1. The van der Waals surface area contributed by atoms with Crippen molar-refractivity contribution in [1.82, 2.24) is 9.38 Å². The van der Waals surface area contributed by atoms with E-state index in [0.717, 1.165) is 0 Å². The molecule has 0 saturated carbocycles. The Hall–Kier alpha value is -2.94. The number of non-ortho nitro benzene ring substituents is 1. The molecule has 0 spiro atoms. The van der Waals surface area contributed by atoms with Gasteiger partial charge in [-0.3, -0.25) is 14.5 Å². The van der Waals surface area contributed by atoms with E-state index in [1.807, 2.05) is 18.2 Å². The summed E-state index contributed by atoms with van der Waals surface area (Å²) < 4.78 is 1.94. The molecule has 0 aliphatic rings. The smallest absolute Gasteiger partial charge is 0.271 e. The van der Waals surface area contributed by atoms with Gasteiger partial charge >= 0.3 is 0 Å². The van der Waals surface area contributed by atoms with Gasteiger partial charge in [0.15, 0.2) is 5.82 Å². The molecule has 0 amide bonds. The molecule has 30 heavy (non-hydrogen) atoms. The minimum absolute atomic E-state index is 0.163. The minimum Gasteiger partial charge on any atom is -0.506 e. The van der Waals surface area contributed by atoms with Crippen LogP contribution in [0.5, 0.6) is 5.75 Å². The number of rotatable bonds is 4. The molecular formula is C20H11BrCl2N4O3. The molecule has 0 aliphatic carbocycles. The van der Waals surface area contributed by atoms with E-state index < -0.39 is 4.92 Å². The first kappa shape index (κ1) is 20.3. The van der Waals surface area contributed by atoms with Crippen molar-refractivity contribution in [2.75, 3.05) is 0 Å². The standard InChI is InChI=1S/C20H11BrCl2N4O3/c21-15-9-13(27(29)30)7-11(19(15)28)10-24-20-18(14-5-4-12(22)8-16(14)23)25-17-3-1-2-6-26(17)20/h1-10,28H. The predicted octanol–water partition coefficient (Wildman–Crippen LogP) is 6.44.